The molecule has 0 heteroatoms. The van der Waals surface area contributed by atoms with Crippen LogP contribution in [0.1, 0.15) is 0 Å². The molecule has 0 aromatic heterocycles. The molecule has 0 radical (unpaired) electrons. The molecule has 0 aliphatic rings. The van der Waals surface area contributed by atoms with E-state index in [0.29, 0.717) is 0 Å². The first kappa shape index (κ1) is 27.5. The van der Waals surface area contributed by atoms with Crippen molar-refractivity contribution in [2.75, 3.05) is 0 Å². The summed E-state index contributed by atoms with van der Waals surface area (Å²) >= 11 is 0. The molecule has 0 amide bonds. The van der Waals surface area contributed by atoms with Gasteiger partial charge in [-0.25, -0.2) is 0 Å². The van der Waals surface area contributed by atoms with E-state index in [-0.39, 0.29) is 0 Å². The molecule has 0 saturated carbocycles. The minimum atomic E-state index is 1.24. The van der Waals surface area contributed by atoms with Crippen LogP contribution in [0.3, 0.4) is 0 Å². The van der Waals surface area contributed by atoms with E-state index in [4.69, 9.17) is 0 Å². The monoisotopic (exact) mass is 630 g/mol. The van der Waals surface area contributed by atoms with Crippen LogP contribution in [0.5, 0.6) is 0 Å². The van der Waals surface area contributed by atoms with Crippen molar-refractivity contribution < 1.29 is 0 Å². The number of benzene rings is 11. The molecule has 0 aliphatic heterocycles. The molecule has 0 heterocycles. The number of rotatable bonds is 2. The molecule has 0 bridgehead atoms. The van der Waals surface area contributed by atoms with E-state index >= 15 is 0 Å². The van der Waals surface area contributed by atoms with Gasteiger partial charge in [-0.15, -0.1) is 0 Å². The Kier molecular flexibility index (Phi) is 5.76. The van der Waals surface area contributed by atoms with Crippen LogP contribution in [0.4, 0.5) is 0 Å². The Balaban J connectivity index is 1.07. The van der Waals surface area contributed by atoms with E-state index in [9.17, 15) is 0 Å². The van der Waals surface area contributed by atoms with Crippen LogP contribution in [0.15, 0.2) is 182 Å². The molecule has 11 rings (SSSR count). The number of fused-ring (bicyclic) bond motifs is 14. The second-order valence-corrected chi connectivity index (χ2v) is 13.7. The van der Waals surface area contributed by atoms with Gasteiger partial charge in [-0.05, 0) is 133 Å². The molecule has 0 aliphatic carbocycles. The largest absolute Gasteiger partial charge is 0.0616 e. The number of hydrogen-bond acceptors (Lipinski definition) is 0. The van der Waals surface area contributed by atoms with E-state index in [1.54, 1.807) is 0 Å². The molecular weight excluding hydrogens is 601 g/mol. The van der Waals surface area contributed by atoms with Gasteiger partial charge in [0.2, 0.25) is 0 Å². The standard InChI is InChI=1S/C50H30/c1-2-8-39-31(7-1)15-18-38-27-34(21-23-40(38)39)35-16-13-32-19-25-46-45(48(32)28-35)24-20-33-14-17-36(29-49(33)46)37-22-26-47-43-11-4-3-9-41(43)42-10-5-6-12-44(42)50(47)30-37/h1-30H. The topological polar surface area (TPSA) is 0 Å². The molecule has 11 aromatic rings. The third-order valence-electron chi connectivity index (χ3n) is 11.0. The van der Waals surface area contributed by atoms with Crippen LogP contribution in [-0.4, -0.2) is 0 Å². The van der Waals surface area contributed by atoms with Crippen molar-refractivity contribution in [3.63, 3.8) is 0 Å². The maximum absolute atomic E-state index is 2.39. The lowest BCUT2D eigenvalue weighted by molar-refractivity contribution is 1.68. The van der Waals surface area contributed by atoms with Gasteiger partial charge in [0.15, 0.2) is 0 Å². The Morgan fingerprint density at radius 2 is 0.460 bits per heavy atom. The second-order valence-electron chi connectivity index (χ2n) is 13.7. The highest BCUT2D eigenvalue weighted by Crippen LogP contribution is 2.40. The van der Waals surface area contributed by atoms with Gasteiger partial charge in [-0.3, -0.25) is 0 Å². The fourth-order valence-corrected chi connectivity index (χ4v) is 8.50. The zero-order chi connectivity index (χ0) is 32.8. The van der Waals surface area contributed by atoms with Gasteiger partial charge in [0, 0.05) is 0 Å². The smallest absolute Gasteiger partial charge is 0.00928 e. The molecule has 50 heavy (non-hydrogen) atoms. The highest BCUT2D eigenvalue weighted by atomic mass is 14.2. The average Bonchev–Trinajstić information content (AvgIpc) is 3.19. The van der Waals surface area contributed by atoms with Crippen molar-refractivity contribution in [2.24, 2.45) is 0 Å². The van der Waals surface area contributed by atoms with Crippen LogP contribution >= 0.6 is 0 Å². The van der Waals surface area contributed by atoms with Gasteiger partial charge in [0.25, 0.3) is 0 Å². The lowest BCUT2D eigenvalue weighted by atomic mass is 9.90. The van der Waals surface area contributed by atoms with E-state index in [1.807, 2.05) is 0 Å². The van der Waals surface area contributed by atoms with E-state index < -0.39 is 0 Å². The van der Waals surface area contributed by atoms with Crippen LogP contribution in [0, 0.1) is 0 Å². The van der Waals surface area contributed by atoms with Gasteiger partial charge in [0.05, 0.1) is 0 Å². The summed E-state index contributed by atoms with van der Waals surface area (Å²) in [4.78, 5) is 0. The molecule has 0 N–H and O–H groups in total. The summed E-state index contributed by atoms with van der Waals surface area (Å²) in [6.45, 7) is 0. The van der Waals surface area contributed by atoms with Crippen molar-refractivity contribution >= 4 is 86.2 Å². The molecule has 0 unspecified atom stereocenters. The molecule has 0 atom stereocenters. The first-order chi connectivity index (χ1) is 24.8. The summed E-state index contributed by atoms with van der Waals surface area (Å²) in [7, 11) is 0. The Morgan fingerprint density at radius 3 is 1.06 bits per heavy atom. The van der Waals surface area contributed by atoms with Gasteiger partial charge in [-0.1, -0.05) is 158 Å². The maximum Gasteiger partial charge on any atom is -0.00928 e. The summed E-state index contributed by atoms with van der Waals surface area (Å²) in [5.74, 6) is 0. The predicted octanol–water partition coefficient (Wildman–Crippen LogP) is 14.2. The Hall–Kier alpha value is -6.50. The Labute approximate surface area is 289 Å². The van der Waals surface area contributed by atoms with Gasteiger partial charge in [0.1, 0.15) is 0 Å². The molecule has 0 nitrogen and oxygen atoms in total. The Bertz CT molecular complexity index is 3160. The molecular formula is C50H30. The van der Waals surface area contributed by atoms with Crippen LogP contribution in [0.25, 0.3) is 108 Å². The SMILES string of the molecule is c1ccc2c(c1)ccc1cc(-c3ccc4ccc5c6cc(-c7ccc8c9ccccc9c9ccccc9c8c7)ccc6ccc5c4c3)ccc12. The van der Waals surface area contributed by atoms with Crippen molar-refractivity contribution in [1.82, 2.24) is 0 Å². The average molecular weight is 631 g/mol. The summed E-state index contributed by atoms with van der Waals surface area (Å²) < 4.78 is 0. The lowest BCUT2D eigenvalue weighted by Crippen LogP contribution is -1.86. The molecule has 0 fully saturated rings. The third kappa shape index (κ3) is 4.06. The highest BCUT2D eigenvalue weighted by molar-refractivity contribution is 6.26. The summed E-state index contributed by atoms with van der Waals surface area (Å²) in [6, 6.07) is 67.7. The van der Waals surface area contributed by atoms with Gasteiger partial charge >= 0.3 is 0 Å². The zero-order valence-corrected chi connectivity index (χ0v) is 27.3. The predicted molar refractivity (Wildman–Crippen MR) is 217 cm³/mol. The normalized spacial score (nSPS) is 12.0. The van der Waals surface area contributed by atoms with Crippen molar-refractivity contribution in [3.8, 4) is 22.3 Å². The minimum Gasteiger partial charge on any atom is -0.0616 e. The van der Waals surface area contributed by atoms with Crippen LogP contribution < -0.4 is 0 Å². The zero-order valence-electron chi connectivity index (χ0n) is 27.3. The van der Waals surface area contributed by atoms with Crippen molar-refractivity contribution in [1.29, 1.82) is 0 Å². The molecule has 0 saturated heterocycles. The molecule has 11 aromatic carbocycles. The lowest BCUT2D eigenvalue weighted by Gasteiger charge is -2.13. The summed E-state index contributed by atoms with van der Waals surface area (Å²) in [5.41, 5.74) is 4.96. The maximum atomic E-state index is 2.39. The van der Waals surface area contributed by atoms with E-state index in [2.05, 4.69) is 182 Å². The summed E-state index contributed by atoms with van der Waals surface area (Å²) in [5, 5.41) is 20.7. The molecule has 0 spiro atoms. The van der Waals surface area contributed by atoms with Crippen molar-refractivity contribution in [2.45, 2.75) is 0 Å². The Morgan fingerprint density at radius 1 is 0.160 bits per heavy atom. The van der Waals surface area contributed by atoms with Gasteiger partial charge in [-0.2, -0.15) is 0 Å². The van der Waals surface area contributed by atoms with E-state index in [0.717, 1.165) is 0 Å². The summed E-state index contributed by atoms with van der Waals surface area (Å²) in [6.07, 6.45) is 0. The number of hydrogen-bond donors (Lipinski definition) is 0. The first-order valence-corrected chi connectivity index (χ1v) is 17.4. The van der Waals surface area contributed by atoms with Crippen LogP contribution in [-0.2, 0) is 0 Å². The molecule has 230 valence electrons. The highest BCUT2D eigenvalue weighted by Gasteiger charge is 2.12. The van der Waals surface area contributed by atoms with Crippen LogP contribution in [0.2, 0.25) is 0 Å². The second kappa shape index (κ2) is 10.5. The fourth-order valence-electron chi connectivity index (χ4n) is 8.50. The quantitative estimate of drug-likeness (QED) is 0.167. The third-order valence-corrected chi connectivity index (χ3v) is 11.0. The minimum absolute atomic E-state index is 1.24. The van der Waals surface area contributed by atoms with E-state index in [1.165, 1.54) is 108 Å². The van der Waals surface area contributed by atoms with Crippen molar-refractivity contribution in [3.05, 3.63) is 182 Å². The van der Waals surface area contributed by atoms with Gasteiger partial charge < -0.3 is 0 Å². The first-order valence-electron chi connectivity index (χ1n) is 17.4. The fraction of sp³-hybridized carbons (Fsp3) is 0.